The Morgan fingerprint density at radius 3 is 0.769 bits per heavy atom. The summed E-state index contributed by atoms with van der Waals surface area (Å²) in [5, 5.41) is 0. The van der Waals surface area contributed by atoms with Gasteiger partial charge in [0.1, 0.15) is 13.2 Å². The van der Waals surface area contributed by atoms with Crippen molar-refractivity contribution in [2.24, 2.45) is 0 Å². The van der Waals surface area contributed by atoms with Gasteiger partial charge in [-0.2, -0.15) is 0 Å². The van der Waals surface area contributed by atoms with Gasteiger partial charge in [0, 0.05) is 19.3 Å². The second-order valence-corrected chi connectivity index (χ2v) is 15.7. The van der Waals surface area contributed by atoms with E-state index in [1.165, 1.54) is 161 Å². The second kappa shape index (κ2) is 42.2. The van der Waals surface area contributed by atoms with Gasteiger partial charge in [-0.15, -0.1) is 0 Å². The predicted octanol–water partition coefficient (Wildman–Crippen LogP) is 14.5. The smallest absolute Gasteiger partial charge is 0.306 e. The molecule has 0 heterocycles. The van der Waals surface area contributed by atoms with Gasteiger partial charge in [-0.05, 0) is 19.3 Å². The first-order valence-corrected chi connectivity index (χ1v) is 23.0. The molecule has 1 atom stereocenters. The zero-order valence-corrected chi connectivity index (χ0v) is 35.1. The molecule has 6 nitrogen and oxygen atoms in total. The highest BCUT2D eigenvalue weighted by molar-refractivity contribution is 5.71. The number of hydrogen-bond acceptors (Lipinski definition) is 6. The number of ether oxygens (including phenoxy) is 3. The average molecular weight is 737 g/mol. The summed E-state index contributed by atoms with van der Waals surface area (Å²) in [6.45, 7) is 6.64. The minimum atomic E-state index is -0.757. The van der Waals surface area contributed by atoms with Crippen LogP contribution in [0.1, 0.15) is 258 Å². The summed E-state index contributed by atoms with van der Waals surface area (Å²) in [5.74, 6) is -0.852. The predicted molar refractivity (Wildman–Crippen MR) is 220 cm³/mol. The van der Waals surface area contributed by atoms with Gasteiger partial charge in [-0.1, -0.05) is 220 Å². The third-order valence-electron chi connectivity index (χ3n) is 10.4. The van der Waals surface area contributed by atoms with Gasteiger partial charge in [-0.3, -0.25) is 14.4 Å². The minimum Gasteiger partial charge on any atom is -0.462 e. The lowest BCUT2D eigenvalue weighted by molar-refractivity contribution is -0.167. The normalized spacial score (nSPS) is 11.8. The molecule has 0 aromatic carbocycles. The molecule has 0 amide bonds. The van der Waals surface area contributed by atoms with E-state index in [2.05, 4.69) is 20.8 Å². The van der Waals surface area contributed by atoms with Crippen molar-refractivity contribution in [2.45, 2.75) is 264 Å². The molecule has 0 aliphatic rings. The van der Waals surface area contributed by atoms with Crippen LogP contribution in [0, 0.1) is 0 Å². The van der Waals surface area contributed by atoms with Crippen molar-refractivity contribution in [2.75, 3.05) is 13.2 Å². The van der Waals surface area contributed by atoms with E-state index in [1.807, 2.05) is 0 Å². The van der Waals surface area contributed by atoms with Crippen molar-refractivity contribution in [1.29, 1.82) is 0 Å². The summed E-state index contributed by atoms with van der Waals surface area (Å²) in [6.07, 6.45) is 42.2. The molecule has 0 rings (SSSR count). The number of carbonyl (C=O) groups excluding carboxylic acids is 3. The maximum atomic E-state index is 12.7. The van der Waals surface area contributed by atoms with E-state index in [9.17, 15) is 14.4 Å². The van der Waals surface area contributed by atoms with Crippen molar-refractivity contribution in [3.05, 3.63) is 0 Å². The third-order valence-corrected chi connectivity index (χ3v) is 10.4. The topological polar surface area (TPSA) is 78.9 Å². The Hall–Kier alpha value is -1.59. The van der Waals surface area contributed by atoms with E-state index >= 15 is 0 Å². The van der Waals surface area contributed by atoms with Crippen molar-refractivity contribution in [3.8, 4) is 0 Å². The Morgan fingerprint density at radius 1 is 0.308 bits per heavy atom. The Morgan fingerprint density at radius 2 is 0.519 bits per heavy atom. The van der Waals surface area contributed by atoms with Crippen molar-refractivity contribution in [3.63, 3.8) is 0 Å². The van der Waals surface area contributed by atoms with Crippen LogP contribution in [0.3, 0.4) is 0 Å². The minimum absolute atomic E-state index is 0.0627. The maximum absolute atomic E-state index is 12.7. The number of esters is 3. The van der Waals surface area contributed by atoms with Crippen molar-refractivity contribution in [1.82, 2.24) is 0 Å². The van der Waals surface area contributed by atoms with Gasteiger partial charge in [0.25, 0.3) is 0 Å². The van der Waals surface area contributed by atoms with Gasteiger partial charge in [0.05, 0.1) is 0 Å². The molecule has 0 unspecified atom stereocenters. The molecule has 0 aliphatic carbocycles. The highest BCUT2D eigenvalue weighted by Crippen LogP contribution is 2.16. The molecule has 0 radical (unpaired) electrons. The largest absolute Gasteiger partial charge is 0.462 e. The molecule has 0 N–H and O–H groups in total. The first-order chi connectivity index (χ1) is 25.5. The number of rotatable bonds is 42. The lowest BCUT2D eigenvalue weighted by atomic mass is 10.0. The van der Waals surface area contributed by atoms with Crippen molar-refractivity contribution >= 4 is 17.9 Å². The van der Waals surface area contributed by atoms with Gasteiger partial charge in [0.2, 0.25) is 0 Å². The van der Waals surface area contributed by atoms with Gasteiger partial charge in [0.15, 0.2) is 6.10 Å². The highest BCUT2D eigenvalue weighted by atomic mass is 16.6. The highest BCUT2D eigenvalue weighted by Gasteiger charge is 2.19. The molecule has 6 heteroatoms. The van der Waals surface area contributed by atoms with Gasteiger partial charge in [-0.25, -0.2) is 0 Å². The zero-order chi connectivity index (χ0) is 38.0. The van der Waals surface area contributed by atoms with Crippen LogP contribution in [-0.2, 0) is 28.6 Å². The van der Waals surface area contributed by atoms with E-state index in [1.54, 1.807) is 0 Å². The second-order valence-electron chi connectivity index (χ2n) is 15.7. The molecule has 308 valence electrons. The van der Waals surface area contributed by atoms with E-state index in [-0.39, 0.29) is 31.1 Å². The molecule has 0 aromatic rings. The molecular formula is C46H88O6. The summed E-state index contributed by atoms with van der Waals surface area (Å²) in [7, 11) is 0. The lowest BCUT2D eigenvalue weighted by Crippen LogP contribution is -2.30. The summed E-state index contributed by atoms with van der Waals surface area (Å²) < 4.78 is 16.7. The summed E-state index contributed by atoms with van der Waals surface area (Å²) in [4.78, 5) is 37.7. The van der Waals surface area contributed by atoms with E-state index < -0.39 is 6.10 Å². The van der Waals surface area contributed by atoms with Crippen molar-refractivity contribution < 1.29 is 28.6 Å². The Labute approximate surface area is 323 Å². The summed E-state index contributed by atoms with van der Waals surface area (Å²) in [5.41, 5.74) is 0. The van der Waals surface area contributed by atoms with Crippen LogP contribution in [-0.4, -0.2) is 37.2 Å². The molecule has 0 spiro atoms. The van der Waals surface area contributed by atoms with E-state index in [4.69, 9.17) is 14.2 Å². The molecule has 0 bridgehead atoms. The zero-order valence-electron chi connectivity index (χ0n) is 35.1. The van der Waals surface area contributed by atoms with Crippen LogP contribution in [0.15, 0.2) is 0 Å². The fraction of sp³-hybridized carbons (Fsp3) is 0.935. The van der Waals surface area contributed by atoms with Crippen LogP contribution in [0.25, 0.3) is 0 Å². The third kappa shape index (κ3) is 39.6. The molecule has 0 saturated heterocycles. The van der Waals surface area contributed by atoms with Crippen LogP contribution in [0.4, 0.5) is 0 Å². The van der Waals surface area contributed by atoms with Gasteiger partial charge < -0.3 is 14.2 Å². The first kappa shape index (κ1) is 50.4. The lowest BCUT2D eigenvalue weighted by Gasteiger charge is -2.18. The maximum Gasteiger partial charge on any atom is 0.306 e. The van der Waals surface area contributed by atoms with E-state index in [0.29, 0.717) is 19.3 Å². The van der Waals surface area contributed by atoms with Crippen LogP contribution in [0.5, 0.6) is 0 Å². The average Bonchev–Trinajstić information content (AvgIpc) is 3.14. The molecule has 0 aromatic heterocycles. The molecule has 0 fully saturated rings. The Kier molecular flexibility index (Phi) is 40.9. The molecular weight excluding hydrogens is 648 g/mol. The number of carbonyl (C=O) groups is 3. The Balaban J connectivity index is 4.31. The number of unbranched alkanes of at least 4 members (excludes halogenated alkanes) is 31. The first-order valence-electron chi connectivity index (χ1n) is 23.0. The van der Waals surface area contributed by atoms with E-state index in [0.717, 1.165) is 57.8 Å². The van der Waals surface area contributed by atoms with Crippen LogP contribution in [0.2, 0.25) is 0 Å². The molecule has 52 heavy (non-hydrogen) atoms. The van der Waals surface area contributed by atoms with Crippen LogP contribution >= 0.6 is 0 Å². The molecule has 0 aliphatic heterocycles. The number of hydrogen-bond donors (Lipinski definition) is 0. The SMILES string of the molecule is CCCCCCCCCCCCCCCC(=O)OC[C@H](COC(=O)CCCCCCCCCCCC)OC(=O)CCCCCCCCCCCCC. The quantitative estimate of drug-likeness (QED) is 0.0353. The van der Waals surface area contributed by atoms with Gasteiger partial charge >= 0.3 is 17.9 Å². The fourth-order valence-electron chi connectivity index (χ4n) is 6.85. The standard InChI is InChI=1S/C46H88O6/c1-4-7-10-13-16-19-22-23-25-27-30-33-36-39-45(48)51-42-43(41-50-44(47)38-35-32-29-26-21-18-15-12-9-6-3)52-46(49)40-37-34-31-28-24-20-17-14-11-8-5-2/h43H,4-42H2,1-3H3/t43-/m0/s1. The summed E-state index contributed by atoms with van der Waals surface area (Å²) >= 11 is 0. The fourth-order valence-corrected chi connectivity index (χ4v) is 6.85. The monoisotopic (exact) mass is 737 g/mol. The molecule has 0 saturated carbocycles. The Bertz CT molecular complexity index is 768. The van der Waals surface area contributed by atoms with Crippen LogP contribution < -0.4 is 0 Å². The summed E-state index contributed by atoms with van der Waals surface area (Å²) in [6, 6.07) is 0.